The van der Waals surface area contributed by atoms with Crippen LogP contribution in [0.3, 0.4) is 0 Å². The van der Waals surface area contributed by atoms with Gasteiger partial charge in [0.05, 0.1) is 0 Å². The molecule has 0 saturated heterocycles. The van der Waals surface area contributed by atoms with E-state index in [1.54, 1.807) is 0 Å². The number of hydrogen-bond donors (Lipinski definition) is 1. The molecule has 0 aliphatic rings. The first-order valence-electron chi connectivity index (χ1n) is 10.5. The Morgan fingerprint density at radius 1 is 0.708 bits per heavy atom. The van der Waals surface area contributed by atoms with E-state index < -0.39 is 0 Å². The molecule has 0 fully saturated rings. The average molecular weight is 332 g/mol. The lowest BCUT2D eigenvalue weighted by molar-refractivity contribution is 0.482. The molecule has 1 unspecified atom stereocenters. The van der Waals surface area contributed by atoms with Crippen LogP contribution in [0.2, 0.25) is 0 Å². The van der Waals surface area contributed by atoms with Crippen molar-refractivity contribution < 1.29 is 0 Å². The van der Waals surface area contributed by atoms with Crippen LogP contribution in [0.1, 0.15) is 116 Å². The Morgan fingerprint density at radius 2 is 1.17 bits per heavy atom. The van der Waals surface area contributed by atoms with Gasteiger partial charge in [-0.1, -0.05) is 96.3 Å². The molecule has 0 aliphatic heterocycles. The number of unbranched alkanes of at least 4 members (excludes halogenated alkanes) is 13. The molecule has 0 rings (SSSR count). The molecule has 0 aliphatic carbocycles. The van der Waals surface area contributed by atoms with Crippen molar-refractivity contribution in [2.75, 3.05) is 0 Å². The molecule has 0 heterocycles. The molecule has 1 heteroatoms. The van der Waals surface area contributed by atoms with E-state index in [0.29, 0.717) is 6.04 Å². The molecule has 1 atom stereocenters. The largest absolute Gasteiger partial charge is 0.328 e. The van der Waals surface area contributed by atoms with Crippen LogP contribution < -0.4 is 5.73 Å². The zero-order valence-corrected chi connectivity index (χ0v) is 16.3. The van der Waals surface area contributed by atoms with E-state index in [0.717, 1.165) is 6.42 Å². The molecule has 138 valence electrons. The highest BCUT2D eigenvalue weighted by Crippen LogP contribution is 2.13. The maximum atomic E-state index is 6.23. The van der Waals surface area contributed by atoms with Crippen molar-refractivity contribution in [2.45, 2.75) is 122 Å². The molecular weight excluding hydrogens is 290 g/mol. The second-order valence-electron chi connectivity index (χ2n) is 7.13. The maximum Gasteiger partial charge on any atom is 0.00989 e. The molecule has 0 bridgehead atoms. The number of rotatable bonds is 17. The van der Waals surface area contributed by atoms with Gasteiger partial charge >= 0.3 is 0 Å². The van der Waals surface area contributed by atoms with Gasteiger partial charge in [0, 0.05) is 12.5 Å². The fraction of sp³-hybridized carbons (Fsp3) is 0.826. The highest BCUT2D eigenvalue weighted by atomic mass is 14.6. The third kappa shape index (κ3) is 19.1. The Bertz CT molecular complexity index is 341. The summed E-state index contributed by atoms with van der Waals surface area (Å²) >= 11 is 0. The molecule has 0 amide bonds. The van der Waals surface area contributed by atoms with Crippen molar-refractivity contribution in [3.8, 4) is 24.2 Å². The first-order chi connectivity index (χ1) is 11.8. The van der Waals surface area contributed by atoms with Gasteiger partial charge in [-0.05, 0) is 31.1 Å². The van der Waals surface area contributed by atoms with Crippen LogP contribution in [0.5, 0.6) is 0 Å². The Morgan fingerprint density at radius 3 is 1.67 bits per heavy atom. The van der Waals surface area contributed by atoms with Crippen molar-refractivity contribution in [1.82, 2.24) is 0 Å². The van der Waals surface area contributed by atoms with Gasteiger partial charge in [0.1, 0.15) is 0 Å². The summed E-state index contributed by atoms with van der Waals surface area (Å²) in [6, 6.07) is 0.427. The summed E-state index contributed by atoms with van der Waals surface area (Å²) in [6.07, 6.45) is 27.4. The molecule has 0 aromatic rings. The zero-order chi connectivity index (χ0) is 17.7. The smallest absolute Gasteiger partial charge is 0.00989 e. The highest BCUT2D eigenvalue weighted by molar-refractivity contribution is 5.21. The SMILES string of the molecule is C#CC#CCCCCCCCC(N)CCCCCCCCCCC. The van der Waals surface area contributed by atoms with E-state index in [9.17, 15) is 0 Å². The number of hydrogen-bond acceptors (Lipinski definition) is 1. The summed E-state index contributed by atoms with van der Waals surface area (Å²) in [5, 5.41) is 0. The summed E-state index contributed by atoms with van der Waals surface area (Å²) in [4.78, 5) is 0. The molecule has 0 aromatic heterocycles. The predicted molar refractivity (Wildman–Crippen MR) is 109 cm³/mol. The highest BCUT2D eigenvalue weighted by Gasteiger charge is 2.02. The quantitative estimate of drug-likeness (QED) is 0.236. The minimum Gasteiger partial charge on any atom is -0.328 e. The first kappa shape index (κ1) is 23.1. The predicted octanol–water partition coefficient (Wildman–Crippen LogP) is 6.60. The summed E-state index contributed by atoms with van der Waals surface area (Å²) < 4.78 is 0. The van der Waals surface area contributed by atoms with E-state index in [1.165, 1.54) is 103 Å². The third-order valence-corrected chi connectivity index (χ3v) is 4.72. The van der Waals surface area contributed by atoms with Gasteiger partial charge in [-0.3, -0.25) is 0 Å². The van der Waals surface area contributed by atoms with Crippen LogP contribution in [0.4, 0.5) is 0 Å². The summed E-state index contributed by atoms with van der Waals surface area (Å²) in [5.41, 5.74) is 6.23. The van der Waals surface area contributed by atoms with Crippen molar-refractivity contribution in [3.05, 3.63) is 0 Å². The van der Waals surface area contributed by atoms with Crippen LogP contribution in [0, 0.1) is 24.2 Å². The van der Waals surface area contributed by atoms with E-state index in [1.807, 2.05) is 0 Å². The Labute approximate surface area is 152 Å². The van der Waals surface area contributed by atoms with Crippen LogP contribution >= 0.6 is 0 Å². The lowest BCUT2D eigenvalue weighted by Gasteiger charge is -2.11. The van der Waals surface area contributed by atoms with Gasteiger partial charge in [0.2, 0.25) is 0 Å². The van der Waals surface area contributed by atoms with E-state index in [-0.39, 0.29) is 0 Å². The van der Waals surface area contributed by atoms with E-state index in [2.05, 4.69) is 24.7 Å². The summed E-state index contributed by atoms with van der Waals surface area (Å²) in [6.45, 7) is 2.28. The van der Waals surface area contributed by atoms with Gasteiger partial charge in [-0.25, -0.2) is 0 Å². The van der Waals surface area contributed by atoms with Gasteiger partial charge in [0.25, 0.3) is 0 Å². The Hall–Kier alpha value is -0.920. The standard InChI is InChI=1S/C23H41N/c1-3-5-7-9-11-13-15-17-19-21-23(24)22-20-18-16-14-12-10-8-6-4-2/h1,23H,4,6,8-22,24H2,2H3. The van der Waals surface area contributed by atoms with Gasteiger partial charge in [-0.15, -0.1) is 6.42 Å². The van der Waals surface area contributed by atoms with Crippen molar-refractivity contribution >= 4 is 0 Å². The Kier molecular flexibility index (Phi) is 19.4. The van der Waals surface area contributed by atoms with E-state index >= 15 is 0 Å². The van der Waals surface area contributed by atoms with Gasteiger partial charge < -0.3 is 5.73 Å². The number of terminal acetylenes is 1. The summed E-state index contributed by atoms with van der Waals surface area (Å²) in [5.74, 6) is 8.01. The van der Waals surface area contributed by atoms with Gasteiger partial charge in [-0.2, -0.15) is 0 Å². The van der Waals surface area contributed by atoms with Crippen LogP contribution in [0.15, 0.2) is 0 Å². The normalized spacial score (nSPS) is 11.5. The minimum atomic E-state index is 0.427. The molecule has 1 nitrogen and oxygen atoms in total. The molecule has 0 spiro atoms. The third-order valence-electron chi connectivity index (χ3n) is 4.72. The molecule has 0 aromatic carbocycles. The molecule has 0 saturated carbocycles. The fourth-order valence-corrected chi connectivity index (χ4v) is 3.13. The minimum absolute atomic E-state index is 0.427. The molecule has 2 N–H and O–H groups in total. The maximum absolute atomic E-state index is 6.23. The van der Waals surface area contributed by atoms with Crippen LogP contribution in [-0.2, 0) is 0 Å². The second-order valence-corrected chi connectivity index (χ2v) is 7.13. The van der Waals surface area contributed by atoms with Gasteiger partial charge in [0.15, 0.2) is 0 Å². The van der Waals surface area contributed by atoms with Crippen molar-refractivity contribution in [2.24, 2.45) is 5.73 Å². The summed E-state index contributed by atoms with van der Waals surface area (Å²) in [7, 11) is 0. The second kappa shape index (κ2) is 20.1. The molecule has 0 radical (unpaired) electrons. The topological polar surface area (TPSA) is 26.0 Å². The average Bonchev–Trinajstić information content (AvgIpc) is 2.59. The molecule has 24 heavy (non-hydrogen) atoms. The number of nitrogens with two attached hydrogens (primary N) is 1. The lowest BCUT2D eigenvalue weighted by Crippen LogP contribution is -2.19. The lowest BCUT2D eigenvalue weighted by atomic mass is 10.0. The van der Waals surface area contributed by atoms with Crippen molar-refractivity contribution in [3.63, 3.8) is 0 Å². The first-order valence-corrected chi connectivity index (χ1v) is 10.5. The van der Waals surface area contributed by atoms with Crippen molar-refractivity contribution in [1.29, 1.82) is 0 Å². The monoisotopic (exact) mass is 331 g/mol. The molecular formula is C23H41N. The zero-order valence-electron chi connectivity index (χ0n) is 16.3. The fourth-order valence-electron chi connectivity index (χ4n) is 3.13. The van der Waals surface area contributed by atoms with Crippen LogP contribution in [-0.4, -0.2) is 6.04 Å². The van der Waals surface area contributed by atoms with Crippen LogP contribution in [0.25, 0.3) is 0 Å². The van der Waals surface area contributed by atoms with E-state index in [4.69, 9.17) is 12.2 Å². The Balaban J connectivity index is 3.18.